The van der Waals surface area contributed by atoms with Crippen LogP contribution in [0.1, 0.15) is 58.3 Å². The van der Waals surface area contributed by atoms with E-state index in [9.17, 15) is 108 Å². The van der Waals surface area contributed by atoms with Crippen molar-refractivity contribution in [2.24, 2.45) is 0 Å². The maximum Gasteiger partial charge on any atom is 0.452 e. The van der Waals surface area contributed by atoms with Crippen molar-refractivity contribution < 1.29 is 171 Å². The highest BCUT2D eigenvalue weighted by Crippen LogP contribution is 2.42. The van der Waals surface area contributed by atoms with E-state index in [4.69, 9.17) is 14.9 Å². The summed E-state index contributed by atoms with van der Waals surface area (Å²) in [6.07, 6.45) is -50.5. The number of ether oxygens (including phenoxy) is 11. The number of rotatable bonds is 49. The molecule has 0 radical (unpaired) electrons. The van der Waals surface area contributed by atoms with Gasteiger partial charge in [0.15, 0.2) is 6.29 Å². The zero-order valence-corrected chi connectivity index (χ0v) is 40.6. The van der Waals surface area contributed by atoms with E-state index in [0.29, 0.717) is 6.92 Å². The molecule has 0 fully saturated rings. The van der Waals surface area contributed by atoms with E-state index in [0.717, 1.165) is 0 Å². The zero-order valence-electron chi connectivity index (χ0n) is 40.6. The van der Waals surface area contributed by atoms with Gasteiger partial charge in [0.05, 0.1) is 72.7 Å². The molecule has 0 saturated carbocycles. The van der Waals surface area contributed by atoms with Crippen LogP contribution in [0.2, 0.25) is 0 Å². The summed E-state index contributed by atoms with van der Waals surface area (Å²) in [6, 6.07) is 0. The molecule has 0 rings (SSSR count). The van der Waals surface area contributed by atoms with Gasteiger partial charge in [-0.1, -0.05) is 0 Å². The van der Waals surface area contributed by atoms with Gasteiger partial charge in [0.2, 0.25) is 5.92 Å². The van der Waals surface area contributed by atoms with E-state index in [1.807, 2.05) is 0 Å². The molecular weight excluding hydrogens is 1130 g/mol. The summed E-state index contributed by atoms with van der Waals surface area (Å²) in [5, 5.41) is 56.4. The van der Waals surface area contributed by atoms with E-state index in [-0.39, 0.29) is 12.8 Å². The normalized spacial score (nSPS) is 16.2. The van der Waals surface area contributed by atoms with Crippen molar-refractivity contribution in [1.82, 2.24) is 0 Å². The molecule has 6 N–H and O–H groups in total. The lowest BCUT2D eigenvalue weighted by molar-refractivity contribution is -0.484. The topological polar surface area (TPSA) is 223 Å². The fraction of sp³-hybridized carbons (Fsp3) is 1.00. The predicted molar refractivity (Wildman–Crippen MR) is 214 cm³/mol. The van der Waals surface area contributed by atoms with Crippen LogP contribution in [0.3, 0.4) is 0 Å². The smallest absolute Gasteiger partial charge is 0.394 e. The summed E-state index contributed by atoms with van der Waals surface area (Å²) in [5.74, 6) is -14.2. The van der Waals surface area contributed by atoms with Crippen molar-refractivity contribution in [2.45, 2.75) is 149 Å². The molecule has 0 aromatic carbocycles. The highest BCUT2D eigenvalue weighted by Gasteiger charge is 2.65. The lowest BCUT2D eigenvalue weighted by atomic mass is 10.1. The molecular formula is C40H62F20O17. The largest absolute Gasteiger partial charge is 0.452 e. The monoisotopic (exact) mass is 1190 g/mol. The predicted octanol–water partition coefficient (Wildman–Crippen LogP) is 6.16. The molecule has 0 aromatic rings. The summed E-state index contributed by atoms with van der Waals surface area (Å²) >= 11 is 0. The fourth-order valence-electron chi connectivity index (χ4n) is 5.24. The first kappa shape index (κ1) is 74.9. The van der Waals surface area contributed by atoms with Crippen LogP contribution in [0.25, 0.3) is 0 Å². The maximum absolute atomic E-state index is 14.2. The molecule has 77 heavy (non-hydrogen) atoms. The van der Waals surface area contributed by atoms with Crippen LogP contribution < -0.4 is 0 Å². The molecule has 464 valence electrons. The Labute approximate surface area is 425 Å². The van der Waals surface area contributed by atoms with Crippen LogP contribution >= 0.6 is 0 Å². The highest BCUT2D eigenvalue weighted by atomic mass is 19.4. The van der Waals surface area contributed by atoms with E-state index in [2.05, 4.69) is 47.4 Å². The Balaban J connectivity index is 4.52. The molecule has 0 bridgehead atoms. The summed E-state index contributed by atoms with van der Waals surface area (Å²) in [4.78, 5) is 0. The van der Waals surface area contributed by atoms with Gasteiger partial charge in [0, 0.05) is 25.7 Å². The van der Waals surface area contributed by atoms with Crippen molar-refractivity contribution in [2.75, 3.05) is 106 Å². The zero-order chi connectivity index (χ0) is 59.6. The average Bonchev–Trinajstić information content (AvgIpc) is 3.26. The van der Waals surface area contributed by atoms with Crippen molar-refractivity contribution in [3.05, 3.63) is 0 Å². The minimum atomic E-state index is -6.15. The molecule has 0 amide bonds. The quantitative estimate of drug-likeness (QED) is 0.0228. The van der Waals surface area contributed by atoms with Gasteiger partial charge in [-0.25, -0.2) is 44.6 Å². The van der Waals surface area contributed by atoms with E-state index >= 15 is 0 Å². The lowest BCUT2D eigenvalue weighted by Crippen LogP contribution is -2.50. The Bertz CT molecular complexity index is 1560. The average molecular weight is 1190 g/mol. The Hall–Kier alpha value is -2.08. The van der Waals surface area contributed by atoms with Crippen LogP contribution in [0.5, 0.6) is 0 Å². The van der Waals surface area contributed by atoms with E-state index in [1.54, 1.807) is 0 Å². The minimum Gasteiger partial charge on any atom is -0.394 e. The van der Waals surface area contributed by atoms with Gasteiger partial charge in [-0.05, 0) is 32.6 Å². The first-order valence-electron chi connectivity index (χ1n) is 22.5. The van der Waals surface area contributed by atoms with Crippen molar-refractivity contribution in [3.63, 3.8) is 0 Å². The van der Waals surface area contributed by atoms with Gasteiger partial charge in [0.25, 0.3) is 17.8 Å². The van der Waals surface area contributed by atoms with Crippen LogP contribution in [0, 0.1) is 0 Å². The van der Waals surface area contributed by atoms with Crippen LogP contribution in [-0.2, 0) is 52.1 Å². The standard InChI is InChI=1S/C40H62F20O17/c1-31(41,42)6-2-3-7-32(43,44)21-70-17-27(63)14-67-15-28(64)18-71-24-35(49,50)76-40(59,60)38(55,56)75-11-5-9-34(47,48)23-73-30(66)20-68-16-29(65)19-72-25-36(51,52)77-39(57,58)37(53,54)74-10-4-8-33(45,46)22-69-13-26(62)12-61/h26-30,61-66H,2-25H2,1H3. The molecule has 0 heterocycles. The number of alkyl halides is 20. The fourth-order valence-corrected chi connectivity index (χ4v) is 5.24. The second-order valence-corrected chi connectivity index (χ2v) is 17.0. The number of aliphatic hydroxyl groups excluding tert-OH is 6. The van der Waals surface area contributed by atoms with Crippen LogP contribution in [0.4, 0.5) is 87.8 Å². The molecule has 0 aromatic heterocycles. The minimum absolute atomic E-state index is 0.186. The Morgan fingerprint density at radius 3 is 1.04 bits per heavy atom. The summed E-state index contributed by atoms with van der Waals surface area (Å²) in [6.45, 7) is -19.6. The van der Waals surface area contributed by atoms with Gasteiger partial charge < -0.3 is 73.3 Å². The van der Waals surface area contributed by atoms with E-state index < -0.39 is 235 Å². The van der Waals surface area contributed by atoms with Crippen molar-refractivity contribution >= 4 is 0 Å². The van der Waals surface area contributed by atoms with E-state index in [1.165, 1.54) is 0 Å². The molecule has 5 atom stereocenters. The third kappa shape index (κ3) is 36.1. The third-order valence-corrected chi connectivity index (χ3v) is 8.88. The molecule has 17 nitrogen and oxygen atoms in total. The number of aliphatic hydroxyl groups is 6. The molecule has 37 heteroatoms. The maximum atomic E-state index is 14.2. The first-order valence-corrected chi connectivity index (χ1v) is 22.5. The van der Waals surface area contributed by atoms with Gasteiger partial charge in [-0.15, -0.1) is 0 Å². The lowest BCUT2D eigenvalue weighted by Gasteiger charge is -2.29. The van der Waals surface area contributed by atoms with Crippen molar-refractivity contribution in [1.29, 1.82) is 0 Å². The van der Waals surface area contributed by atoms with Gasteiger partial charge >= 0.3 is 36.7 Å². The highest BCUT2D eigenvalue weighted by molar-refractivity contribution is 4.74. The first-order chi connectivity index (χ1) is 35.0. The van der Waals surface area contributed by atoms with Gasteiger partial charge in [-0.3, -0.25) is 0 Å². The number of hydrogen-bond acceptors (Lipinski definition) is 17. The Morgan fingerprint density at radius 2 is 0.662 bits per heavy atom. The number of hydrogen-bond donors (Lipinski definition) is 6. The molecule has 0 saturated heterocycles. The van der Waals surface area contributed by atoms with Crippen LogP contribution in [-0.4, -0.2) is 227 Å². The molecule has 0 aliphatic carbocycles. The van der Waals surface area contributed by atoms with Gasteiger partial charge in [-0.2, -0.15) is 52.7 Å². The number of halogens is 20. The second kappa shape index (κ2) is 33.7. The molecule has 5 unspecified atom stereocenters. The Morgan fingerprint density at radius 1 is 0.351 bits per heavy atom. The number of unbranched alkanes of at least 4 members (excludes halogenated alkanes) is 1. The Kier molecular flexibility index (Phi) is 32.8. The second-order valence-electron chi connectivity index (χ2n) is 17.0. The molecule has 0 aliphatic heterocycles. The summed E-state index contributed by atoms with van der Waals surface area (Å²) in [5.41, 5.74) is 0. The summed E-state index contributed by atoms with van der Waals surface area (Å²) in [7, 11) is 0. The van der Waals surface area contributed by atoms with Crippen molar-refractivity contribution in [3.8, 4) is 0 Å². The third-order valence-electron chi connectivity index (χ3n) is 8.88. The summed E-state index contributed by atoms with van der Waals surface area (Å²) < 4.78 is 319. The molecule has 0 aliphatic rings. The van der Waals surface area contributed by atoms with Crippen LogP contribution in [0.15, 0.2) is 0 Å². The SMILES string of the molecule is CC(F)(F)CCCCC(F)(F)COCC(O)COCC(O)COCC(F)(F)OC(F)(F)C(F)(F)OCCCC(F)(F)COC(O)COCC(O)COCC(F)(F)OC(F)(F)C(F)(F)OCCCC(F)(F)COCC(O)CO. The molecule has 0 spiro atoms. The van der Waals surface area contributed by atoms with Gasteiger partial charge in [0.1, 0.15) is 57.5 Å².